The van der Waals surface area contributed by atoms with E-state index in [9.17, 15) is 19.8 Å². The molecule has 0 bridgehead atoms. The Balaban J connectivity index is 1.91. The van der Waals surface area contributed by atoms with Crippen molar-refractivity contribution in [1.82, 2.24) is 0 Å². The van der Waals surface area contributed by atoms with Crippen LogP contribution in [0.2, 0.25) is 0 Å². The van der Waals surface area contributed by atoms with Gasteiger partial charge in [-0.05, 0) is 64.9 Å². The Morgan fingerprint density at radius 2 is 1.62 bits per heavy atom. The van der Waals surface area contributed by atoms with Crippen LogP contribution in [-0.4, -0.2) is 16.2 Å². The monoisotopic (exact) mass is 382 g/mol. The van der Waals surface area contributed by atoms with Crippen LogP contribution in [0.5, 0.6) is 5.75 Å². The van der Waals surface area contributed by atoms with Crippen molar-refractivity contribution < 1.29 is 19.4 Å². The molecule has 0 saturated carbocycles. The fourth-order valence-corrected chi connectivity index (χ4v) is 3.69. The molecule has 0 amide bonds. The molecule has 1 aliphatic heterocycles. The van der Waals surface area contributed by atoms with Crippen molar-refractivity contribution in [3.63, 3.8) is 0 Å². The van der Waals surface area contributed by atoms with Crippen LogP contribution in [0.4, 0.5) is 0 Å². The van der Waals surface area contributed by atoms with Gasteiger partial charge in [0.05, 0.1) is 5.56 Å². The van der Waals surface area contributed by atoms with Crippen molar-refractivity contribution in [2.45, 2.75) is 0 Å². The lowest BCUT2D eigenvalue weighted by Gasteiger charge is -2.16. The Hall–Kier alpha value is -4.12. The average Bonchev–Trinajstić information content (AvgIpc) is 2.70. The van der Waals surface area contributed by atoms with Gasteiger partial charge in [0.2, 0.25) is 0 Å². The number of hydrogen-bond donors (Lipinski definition) is 2. The van der Waals surface area contributed by atoms with Crippen molar-refractivity contribution in [3.8, 4) is 28.2 Å². The first-order valence-corrected chi connectivity index (χ1v) is 8.97. The second-order valence-electron chi connectivity index (χ2n) is 6.90. The molecule has 5 heteroatoms. The van der Waals surface area contributed by atoms with Gasteiger partial charge in [-0.1, -0.05) is 18.2 Å². The molecule has 0 atom stereocenters. The Kier molecular flexibility index (Phi) is 3.64. The summed E-state index contributed by atoms with van der Waals surface area (Å²) in [6.45, 7) is 0. The van der Waals surface area contributed by atoms with Crippen molar-refractivity contribution in [3.05, 3.63) is 88.6 Å². The van der Waals surface area contributed by atoms with Crippen LogP contribution in [0.15, 0.2) is 82.0 Å². The summed E-state index contributed by atoms with van der Waals surface area (Å²) in [5.74, 6) is -0.370. The lowest BCUT2D eigenvalue weighted by atomic mass is 9.92. The Bertz CT molecular complexity index is 1440. The Morgan fingerprint density at radius 3 is 2.38 bits per heavy atom. The molecule has 3 aromatic carbocycles. The summed E-state index contributed by atoms with van der Waals surface area (Å²) in [6.07, 6.45) is 0. The molecule has 5 rings (SSSR count). The second kappa shape index (κ2) is 6.21. The van der Waals surface area contributed by atoms with Gasteiger partial charge in [-0.2, -0.15) is 0 Å². The van der Waals surface area contributed by atoms with Gasteiger partial charge in [-0.25, -0.2) is 4.79 Å². The second-order valence-corrected chi connectivity index (χ2v) is 6.90. The van der Waals surface area contributed by atoms with E-state index < -0.39 is 5.97 Å². The zero-order valence-corrected chi connectivity index (χ0v) is 15.0. The molecule has 2 aliphatic rings. The first-order chi connectivity index (χ1) is 14.0. The van der Waals surface area contributed by atoms with Crippen molar-refractivity contribution in [2.24, 2.45) is 0 Å². The van der Waals surface area contributed by atoms with Crippen LogP contribution < -0.4 is 5.43 Å². The van der Waals surface area contributed by atoms with E-state index in [1.807, 2.05) is 12.1 Å². The molecule has 0 saturated heterocycles. The SMILES string of the molecule is O=C(O)c1ccc(-c2c3ccc(=O)cc-3oc3cc4ccc(O)cc4cc23)cc1. The largest absolute Gasteiger partial charge is 0.508 e. The van der Waals surface area contributed by atoms with E-state index in [-0.39, 0.29) is 16.7 Å². The summed E-state index contributed by atoms with van der Waals surface area (Å²) >= 11 is 0. The third-order valence-corrected chi connectivity index (χ3v) is 5.05. The molecule has 2 N–H and O–H groups in total. The number of aromatic carboxylic acids is 1. The normalized spacial score (nSPS) is 11.3. The molecule has 1 heterocycles. The maximum absolute atomic E-state index is 11.9. The predicted molar refractivity (Wildman–Crippen MR) is 111 cm³/mol. The molecular formula is C24H14O5. The molecule has 29 heavy (non-hydrogen) atoms. The Morgan fingerprint density at radius 1 is 0.828 bits per heavy atom. The first-order valence-electron chi connectivity index (χ1n) is 8.97. The van der Waals surface area contributed by atoms with E-state index in [0.29, 0.717) is 11.3 Å². The average molecular weight is 382 g/mol. The van der Waals surface area contributed by atoms with Gasteiger partial charge in [0.25, 0.3) is 0 Å². The number of benzene rings is 4. The van der Waals surface area contributed by atoms with Gasteiger partial charge in [0.1, 0.15) is 17.1 Å². The number of carboxylic acid groups (broad SMARTS) is 1. The van der Waals surface area contributed by atoms with Crippen LogP contribution >= 0.6 is 0 Å². The topological polar surface area (TPSA) is 87.7 Å². The van der Waals surface area contributed by atoms with Gasteiger partial charge >= 0.3 is 5.97 Å². The van der Waals surface area contributed by atoms with Crippen LogP contribution in [-0.2, 0) is 0 Å². The summed E-state index contributed by atoms with van der Waals surface area (Å²) in [5.41, 5.74) is 3.03. The zero-order chi connectivity index (χ0) is 20.1. The minimum absolute atomic E-state index is 0.154. The number of rotatable bonds is 2. The third-order valence-electron chi connectivity index (χ3n) is 5.05. The zero-order valence-electron chi connectivity index (χ0n) is 15.0. The van der Waals surface area contributed by atoms with Gasteiger partial charge in [0, 0.05) is 22.6 Å². The predicted octanol–water partition coefficient (Wildman–Crippen LogP) is 5.12. The number of hydrogen-bond acceptors (Lipinski definition) is 4. The maximum Gasteiger partial charge on any atom is 0.335 e. The van der Waals surface area contributed by atoms with Gasteiger partial charge in [0.15, 0.2) is 5.43 Å². The van der Waals surface area contributed by atoms with Crippen LogP contribution in [0.1, 0.15) is 10.4 Å². The summed E-state index contributed by atoms with van der Waals surface area (Å²) < 4.78 is 6.03. The lowest BCUT2D eigenvalue weighted by molar-refractivity contribution is 0.0697. The third kappa shape index (κ3) is 2.80. The molecule has 0 aromatic heterocycles. The fourth-order valence-electron chi connectivity index (χ4n) is 3.69. The van der Waals surface area contributed by atoms with E-state index in [4.69, 9.17) is 4.42 Å². The van der Waals surface area contributed by atoms with Gasteiger partial charge in [-0.15, -0.1) is 0 Å². The number of phenolic OH excluding ortho intramolecular Hbond substituents is 1. The molecular weight excluding hydrogens is 368 g/mol. The minimum Gasteiger partial charge on any atom is -0.508 e. The van der Waals surface area contributed by atoms with Crippen molar-refractivity contribution in [1.29, 1.82) is 0 Å². The number of aromatic hydroxyl groups is 1. The lowest BCUT2D eigenvalue weighted by Crippen LogP contribution is -2.00. The molecule has 1 aliphatic carbocycles. The van der Waals surface area contributed by atoms with E-state index >= 15 is 0 Å². The molecule has 3 aromatic rings. The molecule has 0 fully saturated rings. The molecule has 0 spiro atoms. The highest BCUT2D eigenvalue weighted by atomic mass is 16.4. The van der Waals surface area contributed by atoms with E-state index in [1.165, 1.54) is 12.1 Å². The highest BCUT2D eigenvalue weighted by Crippen LogP contribution is 2.41. The van der Waals surface area contributed by atoms with Crippen LogP contribution in [0.3, 0.4) is 0 Å². The summed E-state index contributed by atoms with van der Waals surface area (Å²) in [4.78, 5) is 23.1. The molecule has 5 nitrogen and oxygen atoms in total. The first kappa shape index (κ1) is 17.0. The number of phenols is 1. The van der Waals surface area contributed by atoms with Crippen molar-refractivity contribution in [2.75, 3.05) is 0 Å². The maximum atomic E-state index is 11.9. The van der Waals surface area contributed by atoms with E-state index in [2.05, 4.69) is 0 Å². The van der Waals surface area contributed by atoms with Gasteiger partial charge in [-0.3, -0.25) is 4.79 Å². The summed E-state index contributed by atoms with van der Waals surface area (Å²) in [7, 11) is 0. The highest BCUT2D eigenvalue weighted by Gasteiger charge is 2.18. The highest BCUT2D eigenvalue weighted by molar-refractivity contribution is 6.07. The fraction of sp³-hybridized carbons (Fsp3) is 0. The quantitative estimate of drug-likeness (QED) is 0.414. The number of carbonyl (C=O) groups is 1. The molecule has 140 valence electrons. The van der Waals surface area contributed by atoms with Crippen molar-refractivity contribution >= 4 is 27.7 Å². The number of carboxylic acids is 1. The Labute approximate surface area is 164 Å². The smallest absolute Gasteiger partial charge is 0.335 e. The van der Waals surface area contributed by atoms with Crippen LogP contribution in [0, 0.1) is 0 Å². The summed E-state index contributed by atoms with van der Waals surface area (Å²) in [5, 5.41) is 21.6. The molecule has 0 radical (unpaired) electrons. The number of fused-ring (bicyclic) bond motifs is 3. The molecule has 0 unspecified atom stereocenters. The standard InChI is InChI=1S/C24H14O5/c25-17-6-5-15-11-21-20(10-16(15)9-17)23(13-1-3-14(4-2-13)24(27)28)19-8-7-18(26)12-22(19)29-21/h1-12,25H,(H,27,28). The van der Waals surface area contributed by atoms with E-state index in [0.717, 1.165) is 32.8 Å². The minimum atomic E-state index is -0.994. The summed E-state index contributed by atoms with van der Waals surface area (Å²) in [6, 6.07) is 20.1. The van der Waals surface area contributed by atoms with Crippen LogP contribution in [0.25, 0.3) is 44.2 Å². The van der Waals surface area contributed by atoms with E-state index in [1.54, 1.807) is 48.5 Å². The van der Waals surface area contributed by atoms with Gasteiger partial charge < -0.3 is 14.6 Å².